The Morgan fingerprint density at radius 1 is 1.00 bits per heavy atom. The molecular weight excluding hydrogens is 216 g/mol. The second-order valence-corrected chi connectivity index (χ2v) is 18.5. The third kappa shape index (κ3) is 6.32. The summed E-state index contributed by atoms with van der Waals surface area (Å²) in [6, 6.07) is 0. The Bertz CT molecular complexity index is 108. The lowest BCUT2D eigenvalue weighted by Crippen LogP contribution is -2.34. The molecule has 74 valence electrons. The van der Waals surface area contributed by atoms with Crippen LogP contribution in [0.25, 0.3) is 0 Å². The highest BCUT2D eigenvalue weighted by atomic mass is 29.2. The van der Waals surface area contributed by atoms with E-state index in [-0.39, 0.29) is 6.29 Å². The molecule has 0 rings (SSSR count). The van der Waals surface area contributed by atoms with Crippen molar-refractivity contribution in [2.24, 2.45) is 5.92 Å². The summed E-state index contributed by atoms with van der Waals surface area (Å²) in [7, 11) is 0.869. The second-order valence-electron chi connectivity index (χ2n) is 3.98. The predicted octanol–water partition coefficient (Wildman–Crippen LogP) is -1.57. The van der Waals surface area contributed by atoms with E-state index < -0.39 is 17.1 Å². The van der Waals surface area contributed by atoms with Crippen molar-refractivity contribution in [1.82, 2.24) is 0 Å². The monoisotopic (exact) mass is 238 g/mol. The summed E-state index contributed by atoms with van der Waals surface area (Å²) >= 11 is 0. The first-order valence-electron chi connectivity index (χ1n) is 4.74. The molecule has 12 heavy (non-hydrogen) atoms. The summed E-state index contributed by atoms with van der Waals surface area (Å²) in [6.45, 7) is 8.87. The fraction of sp³-hybridized carbons (Fsp3) is 1.00. The van der Waals surface area contributed by atoms with E-state index in [9.17, 15) is 0 Å². The van der Waals surface area contributed by atoms with E-state index in [4.69, 9.17) is 8.85 Å². The van der Waals surface area contributed by atoms with E-state index in [0.717, 1.165) is 0 Å². The molecule has 0 radical (unpaired) electrons. The minimum Gasteiger partial charge on any atom is -0.401 e. The molecule has 0 spiro atoms. The van der Waals surface area contributed by atoms with Gasteiger partial charge in [-0.3, -0.25) is 0 Å². The Morgan fingerprint density at radius 2 is 1.33 bits per heavy atom. The highest BCUT2D eigenvalue weighted by Crippen LogP contribution is 2.09. The summed E-state index contributed by atoms with van der Waals surface area (Å²) in [5.41, 5.74) is 0. The van der Waals surface area contributed by atoms with Crippen LogP contribution >= 0.6 is 0 Å². The van der Waals surface area contributed by atoms with Gasteiger partial charge in [0.15, 0.2) is 17.1 Å². The summed E-state index contributed by atoms with van der Waals surface area (Å²) in [5.74, 6) is 0.526. The largest absolute Gasteiger partial charge is 0.401 e. The van der Waals surface area contributed by atoms with E-state index in [2.05, 4.69) is 26.9 Å². The van der Waals surface area contributed by atoms with Crippen molar-refractivity contribution in [2.45, 2.75) is 33.2 Å². The fourth-order valence-electron chi connectivity index (χ4n) is 0.883. The van der Waals surface area contributed by atoms with Crippen molar-refractivity contribution in [3.05, 3.63) is 0 Å². The van der Waals surface area contributed by atoms with Crippen LogP contribution in [0.3, 0.4) is 0 Å². The quantitative estimate of drug-likeness (QED) is 0.426. The molecule has 0 N–H and O–H groups in total. The molecule has 0 saturated heterocycles. The van der Waals surface area contributed by atoms with Gasteiger partial charge in [-0.1, -0.05) is 26.9 Å². The van der Waals surface area contributed by atoms with Gasteiger partial charge in [0.05, 0.1) is 0 Å². The van der Waals surface area contributed by atoms with Crippen LogP contribution in [-0.2, 0) is 8.85 Å². The maximum Gasteiger partial charge on any atom is 0.154 e. The van der Waals surface area contributed by atoms with Crippen molar-refractivity contribution < 1.29 is 8.85 Å². The first-order valence-corrected chi connectivity index (χ1v) is 17.2. The van der Waals surface area contributed by atoms with Gasteiger partial charge in [-0.15, -0.1) is 0 Å². The molecule has 2 nitrogen and oxygen atoms in total. The fourth-order valence-corrected chi connectivity index (χ4v) is 4.45. The van der Waals surface area contributed by atoms with Crippen molar-refractivity contribution in [3.8, 4) is 0 Å². The van der Waals surface area contributed by atoms with Crippen molar-refractivity contribution in [2.75, 3.05) is 0 Å². The van der Waals surface area contributed by atoms with Crippen LogP contribution in [0.15, 0.2) is 0 Å². The molecule has 2 unspecified atom stereocenters. The zero-order chi connectivity index (χ0) is 9.72. The van der Waals surface area contributed by atoms with Gasteiger partial charge in [-0.25, -0.2) is 0 Å². The Morgan fingerprint density at radius 3 is 1.50 bits per heavy atom. The van der Waals surface area contributed by atoms with Crippen LogP contribution in [0.4, 0.5) is 0 Å². The van der Waals surface area contributed by atoms with Gasteiger partial charge >= 0.3 is 0 Å². The SMILES string of the molecule is CC(C)C(O[SiH](C)[SiH3])O[SiH](C)[SiH3]. The molecule has 0 amide bonds. The first kappa shape index (κ1) is 12.8. The van der Waals surface area contributed by atoms with E-state index in [0.29, 0.717) is 5.92 Å². The van der Waals surface area contributed by atoms with Crippen molar-refractivity contribution in [1.29, 1.82) is 0 Å². The molecule has 6 heteroatoms. The van der Waals surface area contributed by atoms with Gasteiger partial charge in [0, 0.05) is 25.4 Å². The summed E-state index contributed by atoms with van der Waals surface area (Å²) in [5, 5.41) is 0. The van der Waals surface area contributed by atoms with Gasteiger partial charge in [0.2, 0.25) is 0 Å². The average Bonchev–Trinajstić information content (AvgIpc) is 1.83. The van der Waals surface area contributed by atoms with Crippen LogP contribution in [-0.4, -0.2) is 42.9 Å². The molecule has 0 aliphatic carbocycles. The Labute approximate surface area is 84.9 Å². The summed E-state index contributed by atoms with van der Waals surface area (Å²) < 4.78 is 11.7. The Kier molecular flexibility index (Phi) is 6.68. The zero-order valence-electron chi connectivity index (χ0n) is 9.13. The summed E-state index contributed by atoms with van der Waals surface area (Å²) in [6.07, 6.45) is 0.128. The molecule has 0 fully saturated rings. The molecule has 0 bridgehead atoms. The van der Waals surface area contributed by atoms with Gasteiger partial charge < -0.3 is 8.85 Å². The normalized spacial score (nSPS) is 19.8. The second kappa shape index (κ2) is 6.27. The lowest BCUT2D eigenvalue weighted by atomic mass is 10.2. The van der Waals surface area contributed by atoms with Gasteiger partial charge in [-0.05, 0) is 0 Å². The van der Waals surface area contributed by atoms with Crippen molar-refractivity contribution in [3.63, 3.8) is 0 Å². The van der Waals surface area contributed by atoms with E-state index in [1.165, 1.54) is 19.5 Å². The molecule has 0 aromatic heterocycles. The van der Waals surface area contributed by atoms with Gasteiger partial charge in [-0.2, -0.15) is 0 Å². The zero-order valence-corrected chi connectivity index (χ0v) is 15.4. The third-order valence-corrected chi connectivity index (χ3v) is 4.62. The summed E-state index contributed by atoms with van der Waals surface area (Å²) in [4.78, 5) is 0. The number of rotatable bonds is 5. The molecule has 0 saturated carbocycles. The third-order valence-electron chi connectivity index (χ3n) is 1.36. The molecule has 0 aliphatic rings. The number of hydrogen-bond donors (Lipinski definition) is 0. The minimum atomic E-state index is -0.792. The first-order chi connectivity index (χ1) is 5.43. The topological polar surface area (TPSA) is 18.5 Å². The van der Waals surface area contributed by atoms with E-state index in [1.807, 2.05) is 0 Å². The van der Waals surface area contributed by atoms with Crippen LogP contribution < -0.4 is 0 Å². The minimum absolute atomic E-state index is 0.128. The standard InChI is InChI=1S/C6H22O2Si4/c1-5(2)6(7-11(3)9)8-12(4)10/h5-6,11-12H,1-4,9-10H3. The maximum atomic E-state index is 5.86. The van der Waals surface area contributed by atoms with E-state index >= 15 is 0 Å². The maximum absolute atomic E-state index is 5.86. The molecule has 0 heterocycles. The molecule has 0 aromatic carbocycles. The molecule has 2 atom stereocenters. The average molecular weight is 239 g/mol. The lowest BCUT2D eigenvalue weighted by Gasteiger charge is -2.26. The van der Waals surface area contributed by atoms with Crippen molar-refractivity contribution >= 4 is 36.6 Å². The van der Waals surface area contributed by atoms with Crippen LogP contribution in [0.1, 0.15) is 13.8 Å². The number of hydrogen-bond acceptors (Lipinski definition) is 2. The van der Waals surface area contributed by atoms with Gasteiger partial charge in [0.25, 0.3) is 0 Å². The Balaban J connectivity index is 3.87. The van der Waals surface area contributed by atoms with Crippen LogP contribution in [0, 0.1) is 5.92 Å². The highest BCUT2D eigenvalue weighted by Gasteiger charge is 2.17. The van der Waals surface area contributed by atoms with Crippen LogP contribution in [0.5, 0.6) is 0 Å². The smallest absolute Gasteiger partial charge is 0.154 e. The van der Waals surface area contributed by atoms with E-state index in [1.54, 1.807) is 0 Å². The lowest BCUT2D eigenvalue weighted by molar-refractivity contribution is -0.0290. The highest BCUT2D eigenvalue weighted by molar-refractivity contribution is 6.99. The molecular formula is C6H22O2Si4. The predicted molar refractivity (Wildman–Crippen MR) is 66.7 cm³/mol. The molecule has 0 aromatic rings. The van der Waals surface area contributed by atoms with Gasteiger partial charge in [0.1, 0.15) is 6.29 Å². The van der Waals surface area contributed by atoms with Crippen LogP contribution in [0.2, 0.25) is 13.1 Å². The molecule has 0 aliphatic heterocycles. The Hall–Kier alpha value is 0.788.